The van der Waals surface area contributed by atoms with E-state index in [4.69, 9.17) is 9.72 Å². The molecule has 0 aliphatic heterocycles. The summed E-state index contributed by atoms with van der Waals surface area (Å²) in [6, 6.07) is 25.8. The topological polar surface area (TPSA) is 56.1 Å². The molecule has 0 bridgehead atoms. The van der Waals surface area contributed by atoms with Gasteiger partial charge in [0.15, 0.2) is 0 Å². The summed E-state index contributed by atoms with van der Waals surface area (Å²) in [7, 11) is 0. The second-order valence-electron chi connectivity index (χ2n) is 8.08. The van der Waals surface area contributed by atoms with E-state index in [0.29, 0.717) is 13.0 Å². The summed E-state index contributed by atoms with van der Waals surface area (Å²) < 4.78 is 8.12. The molecule has 5 heteroatoms. The lowest BCUT2D eigenvalue weighted by Crippen LogP contribution is -2.30. The van der Waals surface area contributed by atoms with Crippen LogP contribution in [0.2, 0.25) is 0 Å². The Balaban J connectivity index is 1.44. The maximum absolute atomic E-state index is 12.6. The fourth-order valence-corrected chi connectivity index (χ4v) is 3.92. The number of nitrogens with one attached hydrogen (secondary N) is 1. The van der Waals surface area contributed by atoms with E-state index in [1.807, 2.05) is 73.7 Å². The van der Waals surface area contributed by atoms with Crippen molar-refractivity contribution in [1.82, 2.24) is 14.9 Å². The van der Waals surface area contributed by atoms with Gasteiger partial charge in [-0.05, 0) is 55.7 Å². The van der Waals surface area contributed by atoms with Gasteiger partial charge in [-0.2, -0.15) is 0 Å². The van der Waals surface area contributed by atoms with Crippen LogP contribution in [0.25, 0.3) is 11.0 Å². The van der Waals surface area contributed by atoms with Gasteiger partial charge in [-0.15, -0.1) is 0 Å². The minimum absolute atomic E-state index is 0.00918. The fraction of sp³-hybridized carbons (Fsp3) is 0.259. The molecule has 1 aromatic heterocycles. The van der Waals surface area contributed by atoms with Crippen LogP contribution in [0.15, 0.2) is 78.9 Å². The quantitative estimate of drug-likeness (QED) is 0.372. The Hall–Kier alpha value is -3.60. The highest BCUT2D eigenvalue weighted by Gasteiger charge is 2.18. The van der Waals surface area contributed by atoms with Crippen molar-refractivity contribution < 1.29 is 9.53 Å². The molecule has 32 heavy (non-hydrogen) atoms. The molecule has 1 unspecified atom stereocenters. The lowest BCUT2D eigenvalue weighted by molar-refractivity contribution is -0.121. The number of benzene rings is 3. The molecule has 0 fully saturated rings. The number of aromatic nitrogens is 2. The van der Waals surface area contributed by atoms with E-state index in [0.717, 1.165) is 41.1 Å². The molecule has 1 N–H and O–H groups in total. The van der Waals surface area contributed by atoms with Crippen LogP contribution in [-0.2, 0) is 17.8 Å². The molecule has 4 aromatic rings. The molecule has 1 atom stereocenters. The van der Waals surface area contributed by atoms with Crippen molar-refractivity contribution >= 4 is 16.9 Å². The van der Waals surface area contributed by atoms with E-state index >= 15 is 0 Å². The monoisotopic (exact) mass is 427 g/mol. The molecule has 0 saturated heterocycles. The zero-order valence-corrected chi connectivity index (χ0v) is 18.6. The molecule has 0 saturated carbocycles. The van der Waals surface area contributed by atoms with E-state index in [9.17, 15) is 4.79 Å². The van der Waals surface area contributed by atoms with Crippen LogP contribution in [0.1, 0.15) is 36.3 Å². The highest BCUT2D eigenvalue weighted by molar-refractivity contribution is 5.79. The molecule has 3 aromatic carbocycles. The highest BCUT2D eigenvalue weighted by atomic mass is 16.5. The summed E-state index contributed by atoms with van der Waals surface area (Å²) in [4.78, 5) is 17.4. The predicted octanol–water partition coefficient (Wildman–Crippen LogP) is 5.23. The summed E-state index contributed by atoms with van der Waals surface area (Å²) in [5.74, 6) is 1.75. The summed E-state index contributed by atoms with van der Waals surface area (Å²) >= 11 is 0. The molecular formula is C27H29N3O2. The zero-order valence-electron chi connectivity index (χ0n) is 18.6. The first kappa shape index (κ1) is 21.6. The van der Waals surface area contributed by atoms with Gasteiger partial charge < -0.3 is 14.6 Å². The molecule has 5 nitrogen and oxygen atoms in total. The predicted molar refractivity (Wildman–Crippen MR) is 128 cm³/mol. The van der Waals surface area contributed by atoms with Crippen LogP contribution < -0.4 is 10.1 Å². The van der Waals surface area contributed by atoms with Gasteiger partial charge in [-0.1, -0.05) is 54.6 Å². The van der Waals surface area contributed by atoms with Gasteiger partial charge in [0.05, 0.1) is 30.1 Å². The van der Waals surface area contributed by atoms with Gasteiger partial charge >= 0.3 is 0 Å². The largest absolute Gasteiger partial charge is 0.494 e. The van der Waals surface area contributed by atoms with Gasteiger partial charge in [0.25, 0.3) is 0 Å². The van der Waals surface area contributed by atoms with E-state index in [1.54, 1.807) is 0 Å². The highest BCUT2D eigenvalue weighted by Crippen LogP contribution is 2.22. The Labute approximate surface area is 189 Å². The van der Waals surface area contributed by atoms with E-state index in [2.05, 4.69) is 28.9 Å². The maximum Gasteiger partial charge on any atom is 0.224 e. The van der Waals surface area contributed by atoms with Gasteiger partial charge in [-0.3, -0.25) is 4.79 Å². The first-order chi connectivity index (χ1) is 15.6. The van der Waals surface area contributed by atoms with Crippen molar-refractivity contribution in [2.45, 2.75) is 39.3 Å². The van der Waals surface area contributed by atoms with Crippen molar-refractivity contribution in [3.05, 3.63) is 95.8 Å². The molecule has 1 heterocycles. The molecule has 0 radical (unpaired) electrons. The minimum Gasteiger partial charge on any atom is -0.494 e. The van der Waals surface area contributed by atoms with Crippen LogP contribution in [-0.4, -0.2) is 22.1 Å². The minimum atomic E-state index is -0.198. The van der Waals surface area contributed by atoms with Gasteiger partial charge in [0, 0.05) is 6.54 Å². The number of aryl methyl sites for hydroxylation is 2. The average molecular weight is 428 g/mol. The number of hydrogen-bond donors (Lipinski definition) is 1. The second-order valence-corrected chi connectivity index (χ2v) is 8.08. The van der Waals surface area contributed by atoms with Gasteiger partial charge in [0.1, 0.15) is 11.6 Å². The number of fused-ring (bicyclic) bond motifs is 1. The lowest BCUT2D eigenvalue weighted by atomic mass is 10.1. The summed E-state index contributed by atoms with van der Waals surface area (Å²) in [6.07, 6.45) is 1.20. The molecule has 1 amide bonds. The lowest BCUT2D eigenvalue weighted by Gasteiger charge is -2.17. The van der Waals surface area contributed by atoms with Gasteiger partial charge in [-0.25, -0.2) is 4.98 Å². The molecular weight excluding hydrogens is 398 g/mol. The van der Waals surface area contributed by atoms with E-state index < -0.39 is 0 Å². The Bertz CT molecular complexity index is 1180. The summed E-state index contributed by atoms with van der Waals surface area (Å²) in [5.41, 5.74) is 4.19. The van der Waals surface area contributed by atoms with Crippen molar-refractivity contribution in [1.29, 1.82) is 0 Å². The van der Waals surface area contributed by atoms with Crippen molar-refractivity contribution in [2.75, 3.05) is 6.61 Å². The Morgan fingerprint density at radius 3 is 2.62 bits per heavy atom. The number of para-hydroxylation sites is 2. The number of ether oxygens (including phenoxy) is 1. The zero-order chi connectivity index (χ0) is 22.3. The van der Waals surface area contributed by atoms with Crippen molar-refractivity contribution in [3.8, 4) is 5.75 Å². The third kappa shape index (κ3) is 5.35. The smallest absolute Gasteiger partial charge is 0.224 e. The molecule has 164 valence electrons. The molecule has 4 rings (SSSR count). The summed E-state index contributed by atoms with van der Waals surface area (Å²) in [5, 5.41) is 3.11. The van der Waals surface area contributed by atoms with Gasteiger partial charge in [0.2, 0.25) is 5.91 Å². The van der Waals surface area contributed by atoms with Crippen molar-refractivity contribution in [3.63, 3.8) is 0 Å². The SMILES string of the molecule is Cc1cccc(OCCCn2c(C(C)NC(=O)Cc3ccccc3)nc3ccccc32)c1. The third-order valence-electron chi connectivity index (χ3n) is 5.44. The number of carbonyl (C=O) groups is 1. The normalized spacial score (nSPS) is 11.9. The number of nitrogens with zero attached hydrogens (tertiary/aromatic N) is 2. The Kier molecular flexibility index (Phi) is 6.85. The average Bonchev–Trinajstić information content (AvgIpc) is 3.16. The molecule has 0 aliphatic carbocycles. The maximum atomic E-state index is 12.6. The Morgan fingerprint density at radius 2 is 1.81 bits per heavy atom. The van der Waals surface area contributed by atoms with Crippen molar-refractivity contribution in [2.24, 2.45) is 0 Å². The fourth-order valence-electron chi connectivity index (χ4n) is 3.92. The number of hydrogen-bond acceptors (Lipinski definition) is 3. The number of amides is 1. The Morgan fingerprint density at radius 1 is 1.03 bits per heavy atom. The third-order valence-corrected chi connectivity index (χ3v) is 5.44. The van der Waals surface area contributed by atoms with Crippen LogP contribution in [0.3, 0.4) is 0 Å². The first-order valence-electron chi connectivity index (χ1n) is 11.1. The number of imidazole rings is 1. The molecule has 0 aliphatic rings. The first-order valence-corrected chi connectivity index (χ1v) is 11.1. The second kappa shape index (κ2) is 10.1. The van der Waals surface area contributed by atoms with Crippen LogP contribution in [0.4, 0.5) is 0 Å². The van der Waals surface area contributed by atoms with E-state index in [1.165, 1.54) is 5.56 Å². The standard InChI is InChI=1S/C27H29N3O2/c1-20-10-8-13-23(18-20)32-17-9-16-30-25-15-7-6-14-24(25)29-27(30)21(2)28-26(31)19-22-11-4-3-5-12-22/h3-8,10-15,18,21H,9,16-17,19H2,1-2H3,(H,28,31). The summed E-state index contributed by atoms with van der Waals surface area (Å²) in [6.45, 7) is 5.43. The van der Waals surface area contributed by atoms with Crippen LogP contribution >= 0.6 is 0 Å². The van der Waals surface area contributed by atoms with Crippen LogP contribution in [0.5, 0.6) is 5.75 Å². The number of carbonyl (C=O) groups excluding carboxylic acids is 1. The molecule has 0 spiro atoms. The number of rotatable bonds is 9. The van der Waals surface area contributed by atoms with Crippen LogP contribution in [0, 0.1) is 6.92 Å². The van der Waals surface area contributed by atoms with E-state index in [-0.39, 0.29) is 11.9 Å².